The van der Waals surface area contributed by atoms with Crippen LogP contribution in [0.4, 0.5) is 0 Å². The van der Waals surface area contributed by atoms with E-state index >= 15 is 0 Å². The van der Waals surface area contributed by atoms with Gasteiger partial charge >= 0.3 is 0 Å². The van der Waals surface area contributed by atoms with Crippen molar-refractivity contribution in [3.8, 4) is 11.5 Å². The monoisotopic (exact) mass is 204 g/mol. The van der Waals surface area contributed by atoms with E-state index in [0.29, 0.717) is 6.61 Å². The summed E-state index contributed by atoms with van der Waals surface area (Å²) < 4.78 is 10.6. The first-order valence-electron chi connectivity index (χ1n) is 4.62. The number of aromatic amines is 1. The second-order valence-electron chi connectivity index (χ2n) is 3.04. The molecule has 0 atom stereocenters. The average Bonchev–Trinajstić information content (AvgIpc) is 2.80. The fourth-order valence-electron chi connectivity index (χ4n) is 1.20. The molecule has 0 aliphatic carbocycles. The highest BCUT2D eigenvalue weighted by Gasteiger charge is 1.97. The predicted molar refractivity (Wildman–Crippen MR) is 55.9 cm³/mol. The third-order valence-corrected chi connectivity index (χ3v) is 2.01. The van der Waals surface area contributed by atoms with Gasteiger partial charge in [0.05, 0.1) is 25.3 Å². The first-order chi connectivity index (χ1) is 7.38. The zero-order valence-electron chi connectivity index (χ0n) is 8.43. The minimum atomic E-state index is 0.492. The first-order valence-corrected chi connectivity index (χ1v) is 4.62. The molecule has 0 aliphatic rings. The van der Waals surface area contributed by atoms with Gasteiger partial charge in [-0.3, -0.25) is 0 Å². The molecule has 0 fully saturated rings. The largest absolute Gasteiger partial charge is 0.497 e. The standard InChI is InChI=1S/C11H12N2O2/c1-14-10-2-4-11(5-3-10)15-7-9-6-12-8-13-9/h2-6,8H,7H2,1H3,(H,12,13). The number of methoxy groups -OCH3 is 1. The van der Waals surface area contributed by atoms with Crippen LogP contribution >= 0.6 is 0 Å². The number of rotatable bonds is 4. The first kappa shape index (κ1) is 9.58. The molecule has 15 heavy (non-hydrogen) atoms. The Kier molecular flexibility index (Phi) is 2.88. The highest BCUT2D eigenvalue weighted by atomic mass is 16.5. The molecule has 0 unspecified atom stereocenters. The van der Waals surface area contributed by atoms with Gasteiger partial charge in [0.25, 0.3) is 0 Å². The molecule has 0 spiro atoms. The summed E-state index contributed by atoms with van der Waals surface area (Å²) in [6, 6.07) is 7.47. The third kappa shape index (κ3) is 2.49. The lowest BCUT2D eigenvalue weighted by molar-refractivity contribution is 0.301. The molecule has 4 heteroatoms. The quantitative estimate of drug-likeness (QED) is 0.828. The van der Waals surface area contributed by atoms with E-state index in [1.165, 1.54) is 0 Å². The molecule has 78 valence electrons. The normalized spacial score (nSPS) is 9.93. The van der Waals surface area contributed by atoms with Crippen LogP contribution in [0.25, 0.3) is 0 Å². The Hall–Kier alpha value is -1.97. The fourth-order valence-corrected chi connectivity index (χ4v) is 1.20. The van der Waals surface area contributed by atoms with Gasteiger partial charge in [-0.05, 0) is 24.3 Å². The number of imidazole rings is 1. The summed E-state index contributed by atoms with van der Waals surface area (Å²) in [4.78, 5) is 6.88. The number of hydrogen-bond acceptors (Lipinski definition) is 3. The zero-order chi connectivity index (χ0) is 10.5. The topological polar surface area (TPSA) is 47.1 Å². The van der Waals surface area contributed by atoms with Crippen molar-refractivity contribution >= 4 is 0 Å². The maximum atomic E-state index is 5.52. The molecule has 1 heterocycles. The van der Waals surface area contributed by atoms with Gasteiger partial charge in [-0.15, -0.1) is 0 Å². The lowest BCUT2D eigenvalue weighted by Gasteiger charge is -2.05. The van der Waals surface area contributed by atoms with Crippen molar-refractivity contribution < 1.29 is 9.47 Å². The van der Waals surface area contributed by atoms with Gasteiger partial charge in [0.15, 0.2) is 0 Å². The Bertz CT molecular complexity index is 395. The minimum absolute atomic E-state index is 0.492. The van der Waals surface area contributed by atoms with Gasteiger partial charge in [-0.1, -0.05) is 0 Å². The molecule has 0 aliphatic heterocycles. The smallest absolute Gasteiger partial charge is 0.130 e. The van der Waals surface area contributed by atoms with E-state index in [4.69, 9.17) is 9.47 Å². The van der Waals surface area contributed by atoms with Crippen LogP contribution in [0.3, 0.4) is 0 Å². The van der Waals surface area contributed by atoms with Crippen LogP contribution in [0, 0.1) is 0 Å². The molecule has 0 bridgehead atoms. The van der Waals surface area contributed by atoms with Crippen molar-refractivity contribution in [3.05, 3.63) is 42.5 Å². The summed E-state index contributed by atoms with van der Waals surface area (Å²) in [5.41, 5.74) is 0.950. The van der Waals surface area contributed by atoms with Crippen molar-refractivity contribution in [2.24, 2.45) is 0 Å². The SMILES string of the molecule is COc1ccc(OCc2cnc[nH]2)cc1. The molecule has 0 amide bonds. The number of ether oxygens (including phenoxy) is 2. The number of benzene rings is 1. The molecule has 1 aromatic heterocycles. The molecule has 2 rings (SSSR count). The molecular formula is C11H12N2O2. The van der Waals surface area contributed by atoms with E-state index in [1.807, 2.05) is 24.3 Å². The molecular weight excluding hydrogens is 192 g/mol. The van der Waals surface area contributed by atoms with Crippen molar-refractivity contribution in [1.29, 1.82) is 0 Å². The van der Waals surface area contributed by atoms with E-state index < -0.39 is 0 Å². The number of hydrogen-bond donors (Lipinski definition) is 1. The Morgan fingerprint density at radius 1 is 1.20 bits per heavy atom. The maximum Gasteiger partial charge on any atom is 0.130 e. The summed E-state index contributed by atoms with van der Waals surface area (Å²) in [6.07, 6.45) is 3.37. The molecule has 0 saturated carbocycles. The van der Waals surface area contributed by atoms with Crippen molar-refractivity contribution in [2.45, 2.75) is 6.61 Å². The Labute approximate surface area is 87.9 Å². The Morgan fingerprint density at radius 2 is 1.93 bits per heavy atom. The lowest BCUT2D eigenvalue weighted by atomic mass is 10.3. The molecule has 4 nitrogen and oxygen atoms in total. The van der Waals surface area contributed by atoms with Gasteiger partial charge in [-0.25, -0.2) is 4.98 Å². The molecule has 1 aromatic carbocycles. The van der Waals surface area contributed by atoms with Gasteiger partial charge in [0, 0.05) is 0 Å². The lowest BCUT2D eigenvalue weighted by Crippen LogP contribution is -1.95. The van der Waals surface area contributed by atoms with Gasteiger partial charge in [0.1, 0.15) is 18.1 Å². The fraction of sp³-hybridized carbons (Fsp3) is 0.182. The van der Waals surface area contributed by atoms with Crippen LogP contribution < -0.4 is 9.47 Å². The van der Waals surface area contributed by atoms with Crippen molar-refractivity contribution in [2.75, 3.05) is 7.11 Å². The minimum Gasteiger partial charge on any atom is -0.497 e. The molecule has 0 radical (unpaired) electrons. The summed E-state index contributed by atoms with van der Waals surface area (Å²) in [6.45, 7) is 0.492. The number of H-pyrrole nitrogens is 1. The van der Waals surface area contributed by atoms with E-state index in [2.05, 4.69) is 9.97 Å². The van der Waals surface area contributed by atoms with Gasteiger partial charge in [-0.2, -0.15) is 0 Å². The summed E-state index contributed by atoms with van der Waals surface area (Å²) in [7, 11) is 1.64. The second kappa shape index (κ2) is 4.50. The average molecular weight is 204 g/mol. The van der Waals surface area contributed by atoms with Crippen molar-refractivity contribution in [1.82, 2.24) is 9.97 Å². The summed E-state index contributed by atoms with van der Waals surface area (Å²) >= 11 is 0. The molecule has 0 saturated heterocycles. The second-order valence-corrected chi connectivity index (χ2v) is 3.04. The molecule has 2 aromatic rings. The third-order valence-electron chi connectivity index (χ3n) is 2.01. The Balaban J connectivity index is 1.93. The number of aromatic nitrogens is 2. The summed E-state index contributed by atoms with van der Waals surface area (Å²) in [5.74, 6) is 1.63. The van der Waals surface area contributed by atoms with E-state index in [-0.39, 0.29) is 0 Å². The maximum absolute atomic E-state index is 5.52. The highest BCUT2D eigenvalue weighted by molar-refractivity contribution is 5.31. The van der Waals surface area contributed by atoms with Gasteiger partial charge < -0.3 is 14.5 Å². The van der Waals surface area contributed by atoms with E-state index in [0.717, 1.165) is 17.2 Å². The van der Waals surface area contributed by atoms with E-state index in [1.54, 1.807) is 19.6 Å². The Morgan fingerprint density at radius 3 is 2.53 bits per heavy atom. The summed E-state index contributed by atoms with van der Waals surface area (Å²) in [5, 5.41) is 0. The van der Waals surface area contributed by atoms with Crippen LogP contribution in [0.2, 0.25) is 0 Å². The van der Waals surface area contributed by atoms with Crippen LogP contribution in [0.5, 0.6) is 11.5 Å². The predicted octanol–water partition coefficient (Wildman–Crippen LogP) is 2.00. The van der Waals surface area contributed by atoms with Crippen LogP contribution in [-0.4, -0.2) is 17.1 Å². The number of nitrogens with zero attached hydrogens (tertiary/aromatic N) is 1. The zero-order valence-corrected chi connectivity index (χ0v) is 8.43. The van der Waals surface area contributed by atoms with Gasteiger partial charge in [0.2, 0.25) is 0 Å². The van der Waals surface area contributed by atoms with Crippen LogP contribution in [0.1, 0.15) is 5.69 Å². The number of nitrogens with one attached hydrogen (secondary N) is 1. The van der Waals surface area contributed by atoms with Crippen molar-refractivity contribution in [3.63, 3.8) is 0 Å². The van der Waals surface area contributed by atoms with Crippen LogP contribution in [0.15, 0.2) is 36.8 Å². The highest BCUT2D eigenvalue weighted by Crippen LogP contribution is 2.17. The van der Waals surface area contributed by atoms with E-state index in [9.17, 15) is 0 Å². The van der Waals surface area contributed by atoms with Crippen LogP contribution in [-0.2, 0) is 6.61 Å². The molecule has 1 N–H and O–H groups in total.